The van der Waals surface area contributed by atoms with Gasteiger partial charge in [-0.2, -0.15) is 0 Å². The summed E-state index contributed by atoms with van der Waals surface area (Å²) < 4.78 is 5.62. The average molecular weight is 325 g/mol. The van der Waals surface area contributed by atoms with Crippen LogP contribution < -0.4 is 0 Å². The topological polar surface area (TPSA) is 26.3 Å². The lowest BCUT2D eigenvalue weighted by atomic mass is 9.98. The molecule has 0 aliphatic heterocycles. The molecular formula is C20H21O2S. The highest BCUT2D eigenvalue weighted by molar-refractivity contribution is 8.16. The molecule has 1 fully saturated rings. The van der Waals surface area contributed by atoms with Crippen LogP contribution in [0, 0.1) is 0 Å². The number of rotatable bonds is 4. The third kappa shape index (κ3) is 4.55. The van der Waals surface area contributed by atoms with Crippen molar-refractivity contribution in [3.63, 3.8) is 0 Å². The summed E-state index contributed by atoms with van der Waals surface area (Å²) >= 11 is 0. The predicted molar refractivity (Wildman–Crippen MR) is 95.0 cm³/mol. The molecule has 0 saturated heterocycles. The number of hydrogen-bond donors (Lipinski definition) is 0. The van der Waals surface area contributed by atoms with Gasteiger partial charge in [0, 0.05) is 9.79 Å². The Morgan fingerprint density at radius 3 is 1.91 bits per heavy atom. The Labute approximate surface area is 140 Å². The van der Waals surface area contributed by atoms with Gasteiger partial charge in [0.1, 0.15) is 11.5 Å². The van der Waals surface area contributed by atoms with Crippen molar-refractivity contribution in [3.05, 3.63) is 60.7 Å². The minimum absolute atomic E-state index is 0.0701. The molecule has 1 aliphatic rings. The van der Waals surface area contributed by atoms with Crippen LogP contribution in [-0.4, -0.2) is 17.4 Å². The third-order valence-corrected chi connectivity index (χ3v) is 5.83. The van der Waals surface area contributed by atoms with Gasteiger partial charge in [-0.1, -0.05) is 42.8 Å². The number of esters is 1. The monoisotopic (exact) mass is 325 g/mol. The number of hydrogen-bond acceptors (Lipinski definition) is 2. The van der Waals surface area contributed by atoms with Gasteiger partial charge >= 0.3 is 5.97 Å². The van der Waals surface area contributed by atoms with E-state index < -0.39 is 10.5 Å². The fourth-order valence-electron chi connectivity index (χ4n) is 2.81. The Kier molecular flexibility index (Phi) is 5.65. The van der Waals surface area contributed by atoms with E-state index in [0.29, 0.717) is 0 Å². The van der Waals surface area contributed by atoms with Gasteiger partial charge in [-0.05, 0) is 49.9 Å². The summed E-state index contributed by atoms with van der Waals surface area (Å²) in [4.78, 5) is 14.5. The number of benzene rings is 2. The summed E-state index contributed by atoms with van der Waals surface area (Å²) in [6.45, 7) is 0. The molecule has 23 heavy (non-hydrogen) atoms. The Balaban J connectivity index is 1.84. The zero-order valence-corrected chi connectivity index (χ0v) is 13.9. The molecule has 3 heteroatoms. The first-order chi connectivity index (χ1) is 11.3. The van der Waals surface area contributed by atoms with E-state index >= 15 is 0 Å². The summed E-state index contributed by atoms with van der Waals surface area (Å²) in [5.41, 5.74) is 0. The highest BCUT2D eigenvalue weighted by Gasteiger charge is 2.17. The second-order valence-electron chi connectivity index (χ2n) is 5.70. The lowest BCUT2D eigenvalue weighted by Crippen LogP contribution is -2.21. The van der Waals surface area contributed by atoms with E-state index in [1.165, 1.54) is 6.42 Å². The molecule has 0 heterocycles. The number of carbonyl (C=O) groups is 1. The Bertz CT molecular complexity index is 617. The third-order valence-electron chi connectivity index (χ3n) is 3.97. The van der Waals surface area contributed by atoms with E-state index in [1.54, 1.807) is 0 Å². The van der Waals surface area contributed by atoms with Gasteiger partial charge in [-0.3, -0.25) is 0 Å². The largest absolute Gasteiger partial charge is 0.458 e. The second-order valence-corrected chi connectivity index (χ2v) is 7.46. The maximum Gasteiger partial charge on any atom is 0.346 e. The van der Waals surface area contributed by atoms with Crippen LogP contribution >= 0.6 is 10.5 Å². The molecule has 1 aliphatic carbocycles. The first kappa shape index (κ1) is 16.0. The van der Waals surface area contributed by atoms with Crippen LogP contribution in [0.25, 0.3) is 0 Å². The number of ether oxygens (including phenoxy) is 1. The van der Waals surface area contributed by atoms with Gasteiger partial charge in [0.15, 0.2) is 0 Å². The zero-order chi connectivity index (χ0) is 15.9. The summed E-state index contributed by atoms with van der Waals surface area (Å²) in [5.74, 6) is -0.312. The molecule has 2 aromatic carbocycles. The highest BCUT2D eigenvalue weighted by Crippen LogP contribution is 2.35. The molecule has 0 bridgehead atoms. The van der Waals surface area contributed by atoms with Crippen molar-refractivity contribution in [2.45, 2.75) is 48.0 Å². The first-order valence-corrected chi connectivity index (χ1v) is 9.37. The molecule has 0 atom stereocenters. The maximum absolute atomic E-state index is 12.3. The average Bonchev–Trinajstić information content (AvgIpc) is 2.62. The molecule has 1 radical (unpaired) electrons. The molecule has 2 aromatic rings. The van der Waals surface area contributed by atoms with Gasteiger partial charge in [0.2, 0.25) is 0 Å². The van der Waals surface area contributed by atoms with Gasteiger partial charge in [-0.25, -0.2) is 4.79 Å². The first-order valence-electron chi connectivity index (χ1n) is 8.14. The Morgan fingerprint density at radius 2 is 1.39 bits per heavy atom. The fraction of sp³-hybridized carbons (Fsp3) is 0.300. The van der Waals surface area contributed by atoms with Crippen LogP contribution in [0.5, 0.6) is 0 Å². The van der Waals surface area contributed by atoms with E-state index in [0.717, 1.165) is 35.5 Å². The summed E-state index contributed by atoms with van der Waals surface area (Å²) in [6.07, 6.45) is 5.60. The maximum atomic E-state index is 12.3. The second kappa shape index (κ2) is 8.11. The van der Waals surface area contributed by atoms with Gasteiger partial charge in [-0.15, -0.1) is 10.5 Å². The van der Waals surface area contributed by atoms with Gasteiger partial charge < -0.3 is 4.74 Å². The number of carbonyl (C=O) groups excluding carboxylic acids is 1. The van der Waals surface area contributed by atoms with E-state index in [-0.39, 0.29) is 12.1 Å². The summed E-state index contributed by atoms with van der Waals surface area (Å²) in [7, 11) is -0.510. The van der Waals surface area contributed by atoms with E-state index in [2.05, 4.69) is 5.37 Å². The molecule has 0 amide bonds. The molecular weight excluding hydrogens is 304 g/mol. The standard InChI is InChI=1S/C20H21O2S/c21-20(22-17-10-4-1-5-11-17)16-23(18-12-6-2-7-13-18)19-14-8-3-9-15-19/h2-3,6-9,12-15,17H,1,4-5,10-11H2. The SMILES string of the molecule is O=C([C]=S(c1ccccc1)c1ccccc1)OC1CCCCC1. The molecule has 0 aromatic heterocycles. The molecule has 2 nitrogen and oxygen atoms in total. The molecule has 119 valence electrons. The zero-order valence-electron chi connectivity index (χ0n) is 13.1. The van der Waals surface area contributed by atoms with Crippen LogP contribution in [-0.2, 0) is 9.53 Å². The lowest BCUT2D eigenvalue weighted by molar-refractivity contribution is -0.141. The van der Waals surface area contributed by atoms with Crippen LogP contribution in [0.2, 0.25) is 0 Å². The highest BCUT2D eigenvalue weighted by atomic mass is 32.2. The van der Waals surface area contributed by atoms with Crippen molar-refractivity contribution in [2.24, 2.45) is 0 Å². The smallest absolute Gasteiger partial charge is 0.346 e. The van der Waals surface area contributed by atoms with E-state index in [4.69, 9.17) is 4.74 Å². The van der Waals surface area contributed by atoms with Crippen LogP contribution in [0.4, 0.5) is 0 Å². The van der Waals surface area contributed by atoms with E-state index in [1.807, 2.05) is 60.7 Å². The Hall–Kier alpha value is -1.87. The Morgan fingerprint density at radius 1 is 0.870 bits per heavy atom. The van der Waals surface area contributed by atoms with Crippen molar-refractivity contribution >= 4 is 21.8 Å². The van der Waals surface area contributed by atoms with Crippen molar-refractivity contribution in [1.82, 2.24) is 0 Å². The molecule has 3 rings (SSSR count). The molecule has 0 N–H and O–H groups in total. The minimum atomic E-state index is -0.510. The quantitative estimate of drug-likeness (QED) is 0.588. The lowest BCUT2D eigenvalue weighted by Gasteiger charge is -2.21. The van der Waals surface area contributed by atoms with E-state index in [9.17, 15) is 4.79 Å². The minimum Gasteiger partial charge on any atom is -0.458 e. The van der Waals surface area contributed by atoms with Crippen molar-refractivity contribution in [3.8, 4) is 0 Å². The summed E-state index contributed by atoms with van der Waals surface area (Å²) in [6, 6.07) is 20.1. The van der Waals surface area contributed by atoms with Gasteiger partial charge in [0.05, 0.1) is 0 Å². The van der Waals surface area contributed by atoms with Crippen molar-refractivity contribution < 1.29 is 9.53 Å². The molecule has 0 spiro atoms. The van der Waals surface area contributed by atoms with Gasteiger partial charge in [0.25, 0.3) is 0 Å². The summed E-state index contributed by atoms with van der Waals surface area (Å²) in [5, 5.41) is 3.06. The molecule has 1 saturated carbocycles. The normalized spacial score (nSPS) is 15.3. The van der Waals surface area contributed by atoms with Crippen molar-refractivity contribution in [2.75, 3.05) is 0 Å². The van der Waals surface area contributed by atoms with Crippen molar-refractivity contribution in [1.29, 1.82) is 0 Å². The van der Waals surface area contributed by atoms with Crippen LogP contribution in [0.1, 0.15) is 32.1 Å². The van der Waals surface area contributed by atoms with Crippen LogP contribution in [0.3, 0.4) is 0 Å². The fourth-order valence-corrected chi connectivity index (χ4v) is 4.39. The molecule has 0 unspecified atom stereocenters. The predicted octanol–water partition coefficient (Wildman–Crippen LogP) is 4.93. The van der Waals surface area contributed by atoms with Crippen LogP contribution in [0.15, 0.2) is 70.5 Å².